The first-order chi connectivity index (χ1) is 9.56. The average Bonchev–Trinajstić information content (AvgIpc) is 2.73. The molecule has 20 heavy (non-hydrogen) atoms. The Kier molecular flexibility index (Phi) is 3.07. The molecule has 102 valence electrons. The molecule has 0 aromatic heterocycles. The smallest absolute Gasteiger partial charge is 0.231 e. The van der Waals surface area contributed by atoms with Gasteiger partial charge in [-0.2, -0.15) is 0 Å². The third kappa shape index (κ3) is 2.10. The molecular weight excluding hydrogens is 248 g/mol. The Hall–Kier alpha value is -2.13. The van der Waals surface area contributed by atoms with E-state index in [0.717, 1.165) is 22.4 Å². The first-order valence-corrected chi connectivity index (χ1v) is 6.83. The van der Waals surface area contributed by atoms with Crippen LogP contribution in [0.15, 0.2) is 42.5 Å². The molecule has 0 aliphatic carbocycles. The van der Waals surface area contributed by atoms with Gasteiger partial charge < -0.3 is 11.1 Å². The van der Waals surface area contributed by atoms with E-state index in [1.54, 1.807) is 0 Å². The Bertz CT molecular complexity index is 678. The second kappa shape index (κ2) is 4.76. The van der Waals surface area contributed by atoms with E-state index >= 15 is 0 Å². The highest BCUT2D eigenvalue weighted by molar-refractivity contribution is 6.02. The summed E-state index contributed by atoms with van der Waals surface area (Å²) < 4.78 is 0. The Balaban J connectivity index is 1.98. The van der Waals surface area contributed by atoms with Crippen LogP contribution in [0, 0.1) is 6.92 Å². The van der Waals surface area contributed by atoms with E-state index < -0.39 is 0 Å². The van der Waals surface area contributed by atoms with E-state index in [-0.39, 0.29) is 17.9 Å². The summed E-state index contributed by atoms with van der Waals surface area (Å²) in [4.78, 5) is 11.7. The number of amides is 1. The van der Waals surface area contributed by atoms with Gasteiger partial charge in [-0.05, 0) is 36.6 Å². The molecule has 3 heteroatoms. The van der Waals surface area contributed by atoms with Gasteiger partial charge in [-0.15, -0.1) is 0 Å². The lowest BCUT2D eigenvalue weighted by atomic mass is 9.94. The van der Waals surface area contributed by atoms with E-state index in [1.807, 2.05) is 37.3 Å². The molecule has 2 aromatic rings. The van der Waals surface area contributed by atoms with E-state index in [9.17, 15) is 4.79 Å². The van der Waals surface area contributed by atoms with E-state index in [2.05, 4.69) is 24.4 Å². The van der Waals surface area contributed by atoms with Crippen molar-refractivity contribution < 1.29 is 4.79 Å². The van der Waals surface area contributed by atoms with Crippen LogP contribution in [0.3, 0.4) is 0 Å². The Labute approximate surface area is 118 Å². The number of anilines is 1. The topological polar surface area (TPSA) is 55.1 Å². The molecule has 1 aliphatic heterocycles. The highest BCUT2D eigenvalue weighted by Crippen LogP contribution is 2.34. The van der Waals surface area contributed by atoms with Crippen LogP contribution >= 0.6 is 0 Å². The zero-order valence-corrected chi connectivity index (χ0v) is 11.7. The van der Waals surface area contributed by atoms with Crippen LogP contribution in [0.5, 0.6) is 0 Å². The van der Waals surface area contributed by atoms with Crippen molar-refractivity contribution in [2.24, 2.45) is 5.73 Å². The molecule has 0 saturated heterocycles. The molecule has 1 heterocycles. The monoisotopic (exact) mass is 266 g/mol. The van der Waals surface area contributed by atoms with Gasteiger partial charge in [0.05, 0.1) is 12.0 Å². The van der Waals surface area contributed by atoms with Crippen molar-refractivity contribution in [3.8, 4) is 0 Å². The minimum Gasteiger partial charge on any atom is -0.325 e. The molecule has 0 bridgehead atoms. The highest BCUT2D eigenvalue weighted by Gasteiger charge is 2.27. The fraction of sp³-hybridized carbons (Fsp3) is 0.235. The first-order valence-electron chi connectivity index (χ1n) is 6.83. The van der Waals surface area contributed by atoms with Gasteiger partial charge in [0.1, 0.15) is 0 Å². The fourth-order valence-corrected chi connectivity index (χ4v) is 2.68. The number of aryl methyl sites for hydroxylation is 1. The molecule has 0 fully saturated rings. The minimum absolute atomic E-state index is 0.0567. The summed E-state index contributed by atoms with van der Waals surface area (Å²) in [5, 5.41) is 2.88. The van der Waals surface area contributed by atoms with Crippen molar-refractivity contribution >= 4 is 11.6 Å². The predicted octanol–water partition coefficient (Wildman–Crippen LogP) is 3.10. The number of fused-ring (bicyclic) bond motifs is 1. The molecule has 2 atom stereocenters. The Morgan fingerprint density at radius 3 is 2.65 bits per heavy atom. The Morgan fingerprint density at radius 2 is 1.90 bits per heavy atom. The maximum atomic E-state index is 11.7. The number of nitrogens with two attached hydrogens (primary N) is 1. The van der Waals surface area contributed by atoms with Crippen molar-refractivity contribution in [2.45, 2.75) is 25.8 Å². The second-order valence-electron chi connectivity index (χ2n) is 5.45. The number of hydrogen-bond acceptors (Lipinski definition) is 2. The first kappa shape index (κ1) is 12.9. The van der Waals surface area contributed by atoms with Gasteiger partial charge in [-0.25, -0.2) is 0 Å². The largest absolute Gasteiger partial charge is 0.325 e. The average molecular weight is 266 g/mol. The maximum absolute atomic E-state index is 11.7. The van der Waals surface area contributed by atoms with Gasteiger partial charge in [0.25, 0.3) is 0 Å². The summed E-state index contributed by atoms with van der Waals surface area (Å²) in [6, 6.07) is 14.0. The molecular formula is C17H18N2O. The number of benzene rings is 2. The van der Waals surface area contributed by atoms with E-state index in [4.69, 9.17) is 5.73 Å². The van der Waals surface area contributed by atoms with E-state index in [1.165, 1.54) is 5.56 Å². The van der Waals surface area contributed by atoms with Crippen molar-refractivity contribution in [2.75, 3.05) is 5.32 Å². The molecule has 0 radical (unpaired) electrons. The number of rotatable bonds is 2. The zero-order valence-electron chi connectivity index (χ0n) is 11.7. The third-order valence-electron chi connectivity index (χ3n) is 3.95. The molecule has 0 saturated carbocycles. The van der Waals surface area contributed by atoms with Crippen molar-refractivity contribution in [3.05, 3.63) is 64.7 Å². The van der Waals surface area contributed by atoms with Crippen molar-refractivity contribution in [3.63, 3.8) is 0 Å². The summed E-state index contributed by atoms with van der Waals surface area (Å²) in [7, 11) is 0. The molecule has 1 amide bonds. The number of hydrogen-bond donors (Lipinski definition) is 2. The summed E-state index contributed by atoms with van der Waals surface area (Å²) in [5.74, 6) is -0.0454. The molecule has 3 rings (SSSR count). The van der Waals surface area contributed by atoms with Crippen LogP contribution in [-0.4, -0.2) is 5.91 Å². The van der Waals surface area contributed by atoms with Crippen molar-refractivity contribution in [1.82, 2.24) is 0 Å². The molecule has 1 aliphatic rings. The van der Waals surface area contributed by atoms with Gasteiger partial charge in [-0.3, -0.25) is 4.79 Å². The molecule has 3 N–H and O–H groups in total. The minimum atomic E-state index is -0.164. The predicted molar refractivity (Wildman–Crippen MR) is 80.7 cm³/mol. The van der Waals surface area contributed by atoms with Crippen LogP contribution in [-0.2, 0) is 4.79 Å². The van der Waals surface area contributed by atoms with Crippen molar-refractivity contribution in [1.29, 1.82) is 0 Å². The quantitative estimate of drug-likeness (QED) is 0.877. The summed E-state index contributed by atoms with van der Waals surface area (Å²) in [5.41, 5.74) is 11.6. The lowest BCUT2D eigenvalue weighted by molar-refractivity contribution is -0.116. The SMILES string of the molecule is Cc1cccc(C(N)c2ccc3c(c2)C(C)C(=O)N3)c1. The number of carbonyl (C=O) groups excluding carboxylic acids is 1. The van der Waals surface area contributed by atoms with Crippen LogP contribution in [0.25, 0.3) is 0 Å². The van der Waals surface area contributed by atoms with Crippen LogP contribution in [0.4, 0.5) is 5.69 Å². The normalized spacial score (nSPS) is 18.6. The summed E-state index contributed by atoms with van der Waals surface area (Å²) >= 11 is 0. The lowest BCUT2D eigenvalue weighted by Crippen LogP contribution is -2.12. The van der Waals surface area contributed by atoms with Crippen LogP contribution in [0.2, 0.25) is 0 Å². The second-order valence-corrected chi connectivity index (χ2v) is 5.45. The molecule has 0 spiro atoms. The summed E-state index contributed by atoms with van der Waals surface area (Å²) in [6.45, 7) is 3.98. The number of carbonyl (C=O) groups is 1. The molecule has 2 aromatic carbocycles. The molecule has 2 unspecified atom stereocenters. The third-order valence-corrected chi connectivity index (χ3v) is 3.95. The Morgan fingerprint density at radius 1 is 1.15 bits per heavy atom. The van der Waals surface area contributed by atoms with Gasteiger partial charge in [0, 0.05) is 5.69 Å². The standard InChI is InChI=1S/C17H18N2O/c1-10-4-3-5-12(8-10)16(18)13-6-7-15-14(9-13)11(2)17(20)19-15/h3-9,11,16H,18H2,1-2H3,(H,19,20). The van der Waals surface area contributed by atoms with Crippen LogP contribution < -0.4 is 11.1 Å². The summed E-state index contributed by atoms with van der Waals surface area (Å²) in [6.07, 6.45) is 0. The number of nitrogens with one attached hydrogen (secondary N) is 1. The fourth-order valence-electron chi connectivity index (χ4n) is 2.68. The van der Waals surface area contributed by atoms with Gasteiger partial charge >= 0.3 is 0 Å². The van der Waals surface area contributed by atoms with Gasteiger partial charge in [-0.1, -0.05) is 42.0 Å². The van der Waals surface area contributed by atoms with Gasteiger partial charge in [0.2, 0.25) is 5.91 Å². The molecule has 3 nitrogen and oxygen atoms in total. The van der Waals surface area contributed by atoms with Gasteiger partial charge in [0.15, 0.2) is 0 Å². The van der Waals surface area contributed by atoms with Crippen LogP contribution in [0.1, 0.15) is 41.1 Å². The van der Waals surface area contributed by atoms with E-state index in [0.29, 0.717) is 0 Å². The highest BCUT2D eigenvalue weighted by atomic mass is 16.2. The zero-order chi connectivity index (χ0) is 14.3. The lowest BCUT2D eigenvalue weighted by Gasteiger charge is -2.15. The maximum Gasteiger partial charge on any atom is 0.231 e.